The Morgan fingerprint density at radius 1 is 1.33 bits per heavy atom. The lowest BCUT2D eigenvalue weighted by molar-refractivity contribution is -0.125. The first-order valence-corrected chi connectivity index (χ1v) is 5.19. The lowest BCUT2D eigenvalue weighted by Crippen LogP contribution is -2.37. The summed E-state index contributed by atoms with van der Waals surface area (Å²) in [4.78, 5) is 22.7. The predicted octanol–water partition coefficient (Wildman–Crippen LogP) is 1.66. The minimum atomic E-state index is -0.182. The Morgan fingerprint density at radius 3 is 2.33 bits per heavy atom. The zero-order chi connectivity index (χ0) is 11.6. The van der Waals surface area contributed by atoms with Crippen molar-refractivity contribution in [2.24, 2.45) is 22.9 Å². The third-order valence-corrected chi connectivity index (χ3v) is 3.35. The van der Waals surface area contributed by atoms with Crippen LogP contribution in [-0.4, -0.2) is 22.5 Å². The van der Waals surface area contributed by atoms with E-state index in [-0.39, 0.29) is 29.3 Å². The van der Waals surface area contributed by atoms with Crippen LogP contribution in [0.3, 0.4) is 0 Å². The van der Waals surface area contributed by atoms with Gasteiger partial charge in [0.05, 0.1) is 5.71 Å². The summed E-state index contributed by atoms with van der Waals surface area (Å²) in [6.45, 7) is 4.92. The van der Waals surface area contributed by atoms with Gasteiger partial charge in [0.1, 0.15) is 11.6 Å². The Kier molecular flexibility index (Phi) is 3.61. The van der Waals surface area contributed by atoms with E-state index in [1.165, 1.54) is 13.8 Å². The van der Waals surface area contributed by atoms with Crippen LogP contribution >= 0.6 is 0 Å². The normalized spacial score (nSPS) is 34.1. The predicted molar refractivity (Wildman–Crippen MR) is 56.0 cm³/mol. The first-order chi connectivity index (χ1) is 6.97. The lowest BCUT2D eigenvalue weighted by Gasteiger charge is -2.32. The lowest BCUT2D eigenvalue weighted by atomic mass is 9.71. The summed E-state index contributed by atoms with van der Waals surface area (Å²) in [6, 6.07) is 0. The van der Waals surface area contributed by atoms with E-state index in [2.05, 4.69) is 5.16 Å². The molecule has 0 radical (unpaired) electrons. The van der Waals surface area contributed by atoms with Crippen LogP contribution in [-0.2, 0) is 9.59 Å². The molecule has 4 heteroatoms. The van der Waals surface area contributed by atoms with E-state index < -0.39 is 0 Å². The van der Waals surface area contributed by atoms with Gasteiger partial charge in [0.15, 0.2) is 0 Å². The van der Waals surface area contributed by atoms with Gasteiger partial charge in [-0.1, -0.05) is 12.1 Å². The molecule has 1 aliphatic carbocycles. The minimum absolute atomic E-state index is 0.0527. The van der Waals surface area contributed by atoms with Crippen LogP contribution in [0, 0.1) is 17.8 Å². The molecule has 0 heterocycles. The van der Waals surface area contributed by atoms with Gasteiger partial charge in [-0.3, -0.25) is 9.59 Å². The van der Waals surface area contributed by atoms with Crippen LogP contribution in [0.5, 0.6) is 0 Å². The third-order valence-electron chi connectivity index (χ3n) is 3.35. The van der Waals surface area contributed by atoms with Gasteiger partial charge in [0.2, 0.25) is 0 Å². The fourth-order valence-corrected chi connectivity index (χ4v) is 2.22. The van der Waals surface area contributed by atoms with Crippen LogP contribution in [0.4, 0.5) is 0 Å². The summed E-state index contributed by atoms with van der Waals surface area (Å²) in [7, 11) is 0. The Balaban J connectivity index is 2.91. The summed E-state index contributed by atoms with van der Waals surface area (Å²) >= 11 is 0. The average Bonchev–Trinajstić information content (AvgIpc) is 2.17. The van der Waals surface area contributed by atoms with Crippen molar-refractivity contribution in [1.29, 1.82) is 0 Å². The van der Waals surface area contributed by atoms with E-state index in [1.54, 1.807) is 0 Å². The smallest absolute Gasteiger partial charge is 0.133 e. The van der Waals surface area contributed by atoms with Crippen molar-refractivity contribution < 1.29 is 14.8 Å². The molecule has 0 amide bonds. The minimum Gasteiger partial charge on any atom is -0.411 e. The van der Waals surface area contributed by atoms with Gasteiger partial charge in [-0.15, -0.1) is 0 Å². The molecule has 0 aliphatic heterocycles. The molecular formula is C11H17NO3. The maximum Gasteiger partial charge on any atom is 0.133 e. The van der Waals surface area contributed by atoms with E-state index in [4.69, 9.17) is 5.21 Å². The molecule has 3 atom stereocenters. The maximum atomic E-state index is 11.4. The first-order valence-electron chi connectivity index (χ1n) is 5.19. The molecule has 1 aliphatic rings. The van der Waals surface area contributed by atoms with Crippen molar-refractivity contribution in [2.75, 3.05) is 0 Å². The molecule has 1 unspecified atom stereocenters. The van der Waals surface area contributed by atoms with Crippen molar-refractivity contribution >= 4 is 17.3 Å². The number of nitrogens with zero attached hydrogens (tertiary/aromatic N) is 1. The number of Topliss-reactive ketones (excluding diaryl/α,β-unsaturated/α-hetero) is 2. The zero-order valence-electron chi connectivity index (χ0n) is 9.36. The zero-order valence-corrected chi connectivity index (χ0v) is 9.36. The van der Waals surface area contributed by atoms with Gasteiger partial charge in [-0.2, -0.15) is 0 Å². The third kappa shape index (κ3) is 2.43. The average molecular weight is 211 g/mol. The summed E-state index contributed by atoms with van der Waals surface area (Å²) < 4.78 is 0. The fraction of sp³-hybridized carbons (Fsp3) is 0.727. The first kappa shape index (κ1) is 11.9. The van der Waals surface area contributed by atoms with Crippen molar-refractivity contribution in [3.05, 3.63) is 0 Å². The topological polar surface area (TPSA) is 66.7 Å². The molecule has 0 aromatic rings. The standard InChI is InChI=1S/C11H17NO3/c1-6-10(8(3)14)4-9(7(2)13)5-11(6)12-15/h6,9-10,15H,4-5H2,1-3H3/t6?,9-,10-/m0/s1. The van der Waals surface area contributed by atoms with E-state index in [0.717, 1.165) is 0 Å². The second kappa shape index (κ2) is 4.55. The number of ketones is 2. The largest absolute Gasteiger partial charge is 0.411 e. The summed E-state index contributed by atoms with van der Waals surface area (Å²) in [6.07, 6.45) is 1.07. The molecule has 1 N–H and O–H groups in total. The number of carbonyl (C=O) groups is 2. The van der Waals surface area contributed by atoms with Crippen LogP contribution in [0.15, 0.2) is 5.16 Å². The van der Waals surface area contributed by atoms with Crippen LogP contribution in [0.1, 0.15) is 33.6 Å². The van der Waals surface area contributed by atoms with Crippen LogP contribution in [0.2, 0.25) is 0 Å². The summed E-state index contributed by atoms with van der Waals surface area (Å²) in [5, 5.41) is 12.0. The highest BCUT2D eigenvalue weighted by atomic mass is 16.4. The van der Waals surface area contributed by atoms with E-state index >= 15 is 0 Å². The van der Waals surface area contributed by atoms with Gasteiger partial charge < -0.3 is 5.21 Å². The Labute approximate surface area is 89.3 Å². The second-order valence-electron chi connectivity index (χ2n) is 4.34. The molecule has 1 fully saturated rings. The number of hydrogen-bond acceptors (Lipinski definition) is 4. The number of carbonyl (C=O) groups excluding carboxylic acids is 2. The second-order valence-corrected chi connectivity index (χ2v) is 4.34. The highest BCUT2D eigenvalue weighted by molar-refractivity contribution is 5.96. The monoisotopic (exact) mass is 211 g/mol. The molecule has 0 saturated heterocycles. The number of hydrogen-bond donors (Lipinski definition) is 1. The van der Waals surface area contributed by atoms with Gasteiger partial charge in [-0.25, -0.2) is 0 Å². The quantitative estimate of drug-likeness (QED) is 0.558. The van der Waals surface area contributed by atoms with Crippen molar-refractivity contribution in [3.8, 4) is 0 Å². The van der Waals surface area contributed by atoms with Crippen molar-refractivity contribution in [2.45, 2.75) is 33.6 Å². The van der Waals surface area contributed by atoms with E-state index in [9.17, 15) is 9.59 Å². The molecule has 4 nitrogen and oxygen atoms in total. The van der Waals surface area contributed by atoms with E-state index in [0.29, 0.717) is 18.6 Å². The SMILES string of the molecule is CC(=O)[C@@H]1CC(=NO)C(C)[C@@H](C(C)=O)C1. The van der Waals surface area contributed by atoms with E-state index in [1.807, 2.05) is 6.92 Å². The fourth-order valence-electron chi connectivity index (χ4n) is 2.22. The molecule has 0 aromatic carbocycles. The Hall–Kier alpha value is -1.19. The number of rotatable bonds is 2. The van der Waals surface area contributed by atoms with Gasteiger partial charge in [0, 0.05) is 17.8 Å². The van der Waals surface area contributed by atoms with Gasteiger partial charge in [-0.05, 0) is 26.7 Å². The van der Waals surface area contributed by atoms with Gasteiger partial charge >= 0.3 is 0 Å². The molecule has 0 aromatic heterocycles. The molecule has 0 spiro atoms. The summed E-state index contributed by atoms with van der Waals surface area (Å²) in [5.74, 6) is -0.272. The molecule has 1 saturated carbocycles. The number of oxime groups is 1. The maximum absolute atomic E-state index is 11.4. The highest BCUT2D eigenvalue weighted by Crippen LogP contribution is 2.33. The van der Waals surface area contributed by atoms with Crippen LogP contribution in [0.25, 0.3) is 0 Å². The Morgan fingerprint density at radius 2 is 1.93 bits per heavy atom. The van der Waals surface area contributed by atoms with Crippen molar-refractivity contribution in [3.63, 3.8) is 0 Å². The summed E-state index contributed by atoms with van der Waals surface area (Å²) in [5.41, 5.74) is 0.571. The molecule has 1 rings (SSSR count). The molecule has 84 valence electrons. The Bertz CT molecular complexity index is 309. The molecule has 0 bridgehead atoms. The molecular weight excluding hydrogens is 194 g/mol. The van der Waals surface area contributed by atoms with Crippen molar-refractivity contribution in [1.82, 2.24) is 0 Å². The van der Waals surface area contributed by atoms with Crippen LogP contribution < -0.4 is 0 Å². The highest BCUT2D eigenvalue weighted by Gasteiger charge is 2.36. The van der Waals surface area contributed by atoms with Gasteiger partial charge in [0.25, 0.3) is 0 Å². The molecule has 15 heavy (non-hydrogen) atoms.